The Bertz CT molecular complexity index is 479. The van der Waals surface area contributed by atoms with Gasteiger partial charge < -0.3 is 14.8 Å². The topological polar surface area (TPSA) is 47.6 Å². The smallest absolute Gasteiger partial charge is 0.224 e. The molecule has 1 amide bonds. The van der Waals surface area contributed by atoms with Crippen LogP contribution in [0.5, 0.6) is 5.75 Å². The highest BCUT2D eigenvalue weighted by Crippen LogP contribution is 2.24. The Morgan fingerprint density at radius 1 is 1.45 bits per heavy atom. The summed E-state index contributed by atoms with van der Waals surface area (Å²) in [6.07, 6.45) is 2.65. The number of benzene rings is 1. The summed E-state index contributed by atoms with van der Waals surface area (Å²) < 4.78 is 10.9. The molecule has 0 saturated carbocycles. The molecule has 1 aromatic carbocycles. The molecule has 20 heavy (non-hydrogen) atoms. The summed E-state index contributed by atoms with van der Waals surface area (Å²) in [5.74, 6) is 0.806. The molecule has 4 nitrogen and oxygen atoms in total. The van der Waals surface area contributed by atoms with E-state index in [1.165, 1.54) is 0 Å². The lowest BCUT2D eigenvalue weighted by molar-refractivity contribution is -0.121. The van der Waals surface area contributed by atoms with Crippen molar-refractivity contribution in [3.05, 3.63) is 28.8 Å². The second kappa shape index (κ2) is 6.75. The fraction of sp³-hybridized carbons (Fsp3) is 0.562. The van der Waals surface area contributed by atoms with Gasteiger partial charge in [0.1, 0.15) is 5.75 Å². The van der Waals surface area contributed by atoms with E-state index in [1.807, 2.05) is 19.9 Å². The van der Waals surface area contributed by atoms with Gasteiger partial charge in [0, 0.05) is 18.7 Å². The standard InChI is InChI=1S/C16H23NO3/c1-11-7-12(2)14(15(8-11)19-3)9-16(18)17-10-13-5-4-6-20-13/h7-8,13H,4-6,9-10H2,1-3H3,(H,17,18). The van der Waals surface area contributed by atoms with Crippen LogP contribution in [0, 0.1) is 13.8 Å². The Balaban J connectivity index is 1.96. The summed E-state index contributed by atoms with van der Waals surface area (Å²) in [6.45, 7) is 5.45. The Hall–Kier alpha value is -1.55. The lowest BCUT2D eigenvalue weighted by atomic mass is 10.0. The Morgan fingerprint density at radius 2 is 2.25 bits per heavy atom. The molecule has 1 N–H and O–H groups in total. The van der Waals surface area contributed by atoms with Gasteiger partial charge in [-0.15, -0.1) is 0 Å². The van der Waals surface area contributed by atoms with Crippen molar-refractivity contribution >= 4 is 5.91 Å². The minimum atomic E-state index is 0.0192. The fourth-order valence-electron chi connectivity index (χ4n) is 2.62. The highest BCUT2D eigenvalue weighted by Gasteiger charge is 2.17. The highest BCUT2D eigenvalue weighted by molar-refractivity contribution is 5.79. The maximum atomic E-state index is 12.1. The van der Waals surface area contributed by atoms with Gasteiger partial charge in [0.15, 0.2) is 0 Å². The van der Waals surface area contributed by atoms with Gasteiger partial charge in [-0.25, -0.2) is 0 Å². The van der Waals surface area contributed by atoms with Crippen molar-refractivity contribution in [3.8, 4) is 5.75 Å². The summed E-state index contributed by atoms with van der Waals surface area (Å²) in [6, 6.07) is 4.04. The van der Waals surface area contributed by atoms with Crippen LogP contribution in [0.4, 0.5) is 0 Å². The van der Waals surface area contributed by atoms with Gasteiger partial charge in [-0.3, -0.25) is 4.79 Å². The van der Waals surface area contributed by atoms with Gasteiger partial charge in [0.25, 0.3) is 0 Å². The molecule has 0 aliphatic carbocycles. The van der Waals surface area contributed by atoms with E-state index >= 15 is 0 Å². The van der Waals surface area contributed by atoms with Crippen LogP contribution in [0.15, 0.2) is 12.1 Å². The van der Waals surface area contributed by atoms with Crippen LogP contribution in [-0.4, -0.2) is 32.3 Å². The predicted octanol–water partition coefficient (Wildman–Crippen LogP) is 2.15. The molecule has 0 radical (unpaired) electrons. The average molecular weight is 277 g/mol. The van der Waals surface area contributed by atoms with E-state index in [0.717, 1.165) is 41.9 Å². The lowest BCUT2D eigenvalue weighted by Crippen LogP contribution is -2.33. The summed E-state index contributed by atoms with van der Waals surface area (Å²) in [5, 5.41) is 2.95. The Kier molecular flexibility index (Phi) is 5.01. The van der Waals surface area contributed by atoms with Crippen LogP contribution in [0.1, 0.15) is 29.5 Å². The van der Waals surface area contributed by atoms with Gasteiger partial charge in [-0.1, -0.05) is 6.07 Å². The molecule has 1 aliphatic rings. The molecular formula is C16H23NO3. The number of ether oxygens (including phenoxy) is 2. The van der Waals surface area contributed by atoms with Crippen molar-refractivity contribution < 1.29 is 14.3 Å². The lowest BCUT2D eigenvalue weighted by Gasteiger charge is -2.14. The summed E-state index contributed by atoms with van der Waals surface area (Å²) >= 11 is 0. The predicted molar refractivity (Wildman–Crippen MR) is 78.2 cm³/mol. The third-order valence-electron chi connectivity index (χ3n) is 3.68. The number of hydrogen-bond acceptors (Lipinski definition) is 3. The molecule has 1 fully saturated rings. The van der Waals surface area contributed by atoms with Crippen molar-refractivity contribution in [2.45, 2.75) is 39.2 Å². The SMILES string of the molecule is COc1cc(C)cc(C)c1CC(=O)NCC1CCCO1. The van der Waals surface area contributed by atoms with Crippen LogP contribution in [0.2, 0.25) is 0 Å². The largest absolute Gasteiger partial charge is 0.496 e. The quantitative estimate of drug-likeness (QED) is 0.897. The van der Waals surface area contributed by atoms with E-state index in [-0.39, 0.29) is 12.0 Å². The number of methoxy groups -OCH3 is 1. The van der Waals surface area contributed by atoms with Gasteiger partial charge in [-0.05, 0) is 43.9 Å². The average Bonchev–Trinajstić information content (AvgIpc) is 2.92. The molecule has 0 spiro atoms. The number of rotatable bonds is 5. The zero-order chi connectivity index (χ0) is 14.5. The number of carbonyl (C=O) groups excluding carboxylic acids is 1. The van der Waals surface area contributed by atoms with Crippen molar-refractivity contribution in [1.29, 1.82) is 0 Å². The van der Waals surface area contributed by atoms with Crippen molar-refractivity contribution in [2.75, 3.05) is 20.3 Å². The van der Waals surface area contributed by atoms with E-state index in [2.05, 4.69) is 11.4 Å². The van der Waals surface area contributed by atoms with E-state index < -0.39 is 0 Å². The molecule has 1 aliphatic heterocycles. The van der Waals surface area contributed by atoms with Gasteiger partial charge in [0.2, 0.25) is 5.91 Å². The summed E-state index contributed by atoms with van der Waals surface area (Å²) in [4.78, 5) is 12.1. The number of aryl methyl sites for hydroxylation is 2. The fourth-order valence-corrected chi connectivity index (χ4v) is 2.62. The first-order valence-corrected chi connectivity index (χ1v) is 7.12. The van der Waals surface area contributed by atoms with Crippen LogP contribution < -0.4 is 10.1 Å². The first-order chi connectivity index (χ1) is 9.60. The third kappa shape index (κ3) is 3.73. The van der Waals surface area contributed by atoms with Crippen LogP contribution in [-0.2, 0) is 16.0 Å². The minimum Gasteiger partial charge on any atom is -0.496 e. The molecule has 0 bridgehead atoms. The molecule has 4 heteroatoms. The van der Waals surface area contributed by atoms with Gasteiger partial charge >= 0.3 is 0 Å². The molecule has 1 saturated heterocycles. The molecule has 1 aromatic rings. The molecule has 110 valence electrons. The van der Waals surface area contributed by atoms with E-state index in [4.69, 9.17) is 9.47 Å². The minimum absolute atomic E-state index is 0.0192. The third-order valence-corrected chi connectivity index (χ3v) is 3.68. The Labute approximate surface area is 120 Å². The van der Waals surface area contributed by atoms with Crippen LogP contribution in [0.3, 0.4) is 0 Å². The van der Waals surface area contributed by atoms with Gasteiger partial charge in [-0.2, -0.15) is 0 Å². The molecule has 1 unspecified atom stereocenters. The second-order valence-corrected chi connectivity index (χ2v) is 5.38. The van der Waals surface area contributed by atoms with Crippen molar-refractivity contribution in [1.82, 2.24) is 5.32 Å². The normalized spacial score (nSPS) is 18.1. The maximum absolute atomic E-state index is 12.1. The Morgan fingerprint density at radius 3 is 2.90 bits per heavy atom. The molecule has 0 aromatic heterocycles. The highest BCUT2D eigenvalue weighted by atomic mass is 16.5. The molecular weight excluding hydrogens is 254 g/mol. The first-order valence-electron chi connectivity index (χ1n) is 7.12. The molecule has 1 heterocycles. The number of carbonyl (C=O) groups is 1. The number of nitrogens with one attached hydrogen (secondary N) is 1. The van der Waals surface area contributed by atoms with E-state index in [9.17, 15) is 4.79 Å². The van der Waals surface area contributed by atoms with E-state index in [1.54, 1.807) is 7.11 Å². The zero-order valence-electron chi connectivity index (χ0n) is 12.5. The van der Waals surface area contributed by atoms with Gasteiger partial charge in [0.05, 0.1) is 19.6 Å². The zero-order valence-corrected chi connectivity index (χ0v) is 12.5. The van der Waals surface area contributed by atoms with Crippen LogP contribution >= 0.6 is 0 Å². The summed E-state index contributed by atoms with van der Waals surface area (Å²) in [5.41, 5.74) is 3.19. The van der Waals surface area contributed by atoms with Crippen molar-refractivity contribution in [3.63, 3.8) is 0 Å². The maximum Gasteiger partial charge on any atom is 0.224 e. The number of amides is 1. The second-order valence-electron chi connectivity index (χ2n) is 5.38. The van der Waals surface area contributed by atoms with E-state index in [0.29, 0.717) is 13.0 Å². The van der Waals surface area contributed by atoms with Crippen molar-refractivity contribution in [2.24, 2.45) is 0 Å². The monoisotopic (exact) mass is 277 g/mol. The number of hydrogen-bond donors (Lipinski definition) is 1. The van der Waals surface area contributed by atoms with Crippen LogP contribution in [0.25, 0.3) is 0 Å². The summed E-state index contributed by atoms with van der Waals surface area (Å²) in [7, 11) is 1.64. The molecule has 2 rings (SSSR count). The first kappa shape index (κ1) is 14.9. The molecule has 1 atom stereocenters.